The highest BCUT2D eigenvalue weighted by molar-refractivity contribution is 5.68. The van der Waals surface area contributed by atoms with Crippen LogP contribution in [0.15, 0.2) is 65.7 Å². The number of halogens is 2. The second-order valence-corrected chi connectivity index (χ2v) is 10.6. The van der Waals surface area contributed by atoms with E-state index in [1.54, 1.807) is 40.4 Å². The summed E-state index contributed by atoms with van der Waals surface area (Å²) in [5, 5.41) is 16.4. The van der Waals surface area contributed by atoms with Crippen molar-refractivity contribution in [3.05, 3.63) is 111 Å². The highest BCUT2D eigenvalue weighted by Gasteiger charge is 2.24. The van der Waals surface area contributed by atoms with E-state index in [0.29, 0.717) is 29.7 Å². The lowest BCUT2D eigenvalue weighted by atomic mass is 9.98. The van der Waals surface area contributed by atoms with Crippen LogP contribution in [0, 0.1) is 18.7 Å². The quantitative estimate of drug-likeness (QED) is 0.209. The molecule has 2 aromatic carbocycles. The van der Waals surface area contributed by atoms with Crippen molar-refractivity contribution in [2.45, 2.75) is 59.9 Å². The van der Waals surface area contributed by atoms with Crippen LogP contribution in [0.2, 0.25) is 0 Å². The van der Waals surface area contributed by atoms with E-state index in [4.69, 9.17) is 0 Å². The molecule has 0 saturated carbocycles. The third-order valence-corrected chi connectivity index (χ3v) is 7.56. The summed E-state index contributed by atoms with van der Waals surface area (Å²) in [4.78, 5) is 21.5. The third kappa shape index (κ3) is 5.22. The zero-order valence-corrected chi connectivity index (χ0v) is 24.3. The Morgan fingerprint density at radius 2 is 1.69 bits per heavy atom. The van der Waals surface area contributed by atoms with Gasteiger partial charge in [0.2, 0.25) is 11.8 Å². The molecule has 0 saturated heterocycles. The monoisotopic (exact) mass is 569 g/mol. The molecular weight excluding hydrogens is 536 g/mol. The van der Waals surface area contributed by atoms with Crippen molar-refractivity contribution in [2.75, 3.05) is 0 Å². The van der Waals surface area contributed by atoms with Gasteiger partial charge in [0.25, 0.3) is 5.56 Å². The molecule has 0 bridgehead atoms. The van der Waals surface area contributed by atoms with Gasteiger partial charge in [-0.3, -0.25) is 14.0 Å². The van der Waals surface area contributed by atoms with Crippen molar-refractivity contribution in [1.82, 2.24) is 24.3 Å². The topological polar surface area (TPSA) is 85.8 Å². The van der Waals surface area contributed by atoms with Crippen molar-refractivity contribution in [3.63, 3.8) is 0 Å². The normalized spacial score (nSPS) is 11.4. The fourth-order valence-electron chi connectivity index (χ4n) is 5.22. The summed E-state index contributed by atoms with van der Waals surface area (Å²) >= 11 is 0. The molecule has 216 valence electrons. The molecule has 0 spiro atoms. The van der Waals surface area contributed by atoms with Crippen molar-refractivity contribution in [1.29, 1.82) is 0 Å². The number of pyridine rings is 1. The van der Waals surface area contributed by atoms with Crippen LogP contribution in [0.3, 0.4) is 0 Å². The van der Waals surface area contributed by atoms with Gasteiger partial charge in [-0.15, -0.1) is 0 Å². The second kappa shape index (κ2) is 11.7. The predicted octanol–water partition coefficient (Wildman–Crippen LogP) is 6.75. The van der Waals surface area contributed by atoms with Crippen LogP contribution < -0.4 is 5.56 Å². The first-order valence-electron chi connectivity index (χ1n) is 14.1. The molecule has 0 aliphatic carbocycles. The molecule has 0 aliphatic heterocycles. The predicted molar refractivity (Wildman–Crippen MR) is 159 cm³/mol. The van der Waals surface area contributed by atoms with Crippen LogP contribution in [-0.4, -0.2) is 29.4 Å². The number of aromatic hydroxyl groups is 1. The Bertz CT molecular complexity index is 1820. The number of nitrogens with zero attached hydrogens (tertiary/aromatic N) is 5. The number of aryl methyl sites for hydroxylation is 2. The van der Waals surface area contributed by atoms with Crippen LogP contribution in [0.5, 0.6) is 5.88 Å². The van der Waals surface area contributed by atoms with Crippen LogP contribution >= 0.6 is 0 Å². The molecule has 3 heterocycles. The molecule has 0 atom stereocenters. The molecule has 5 rings (SSSR count). The molecule has 5 aromatic rings. The Balaban J connectivity index is 1.68. The Hall–Kier alpha value is -4.66. The molecular formula is C33H33F2N5O2. The summed E-state index contributed by atoms with van der Waals surface area (Å²) in [5.74, 6) is -1.27. The minimum absolute atomic E-state index is 0.0355. The van der Waals surface area contributed by atoms with E-state index in [9.17, 15) is 14.3 Å². The maximum Gasteiger partial charge on any atom is 0.280 e. The van der Waals surface area contributed by atoms with Gasteiger partial charge in [0.05, 0.1) is 11.3 Å². The minimum Gasteiger partial charge on any atom is -0.494 e. The van der Waals surface area contributed by atoms with Crippen molar-refractivity contribution in [2.24, 2.45) is 0 Å². The molecule has 0 amide bonds. The lowest BCUT2D eigenvalue weighted by molar-refractivity contribution is 0.428. The highest BCUT2D eigenvalue weighted by atomic mass is 19.1. The Labute approximate surface area is 243 Å². The molecule has 3 aromatic heterocycles. The lowest BCUT2D eigenvalue weighted by Gasteiger charge is -2.21. The summed E-state index contributed by atoms with van der Waals surface area (Å²) in [6, 6.07) is 13.9. The van der Waals surface area contributed by atoms with Gasteiger partial charge in [-0.2, -0.15) is 14.5 Å². The summed E-state index contributed by atoms with van der Waals surface area (Å²) < 4.78 is 32.7. The van der Waals surface area contributed by atoms with E-state index in [1.165, 1.54) is 12.3 Å². The lowest BCUT2D eigenvalue weighted by Crippen LogP contribution is -2.21. The van der Waals surface area contributed by atoms with Crippen LogP contribution in [-0.2, 0) is 19.3 Å². The molecule has 0 unspecified atom stereocenters. The summed E-state index contributed by atoms with van der Waals surface area (Å²) in [7, 11) is 0. The van der Waals surface area contributed by atoms with Crippen molar-refractivity contribution >= 4 is 0 Å². The van der Waals surface area contributed by atoms with Gasteiger partial charge in [0, 0.05) is 36.0 Å². The van der Waals surface area contributed by atoms with E-state index in [1.807, 2.05) is 52.1 Å². The van der Waals surface area contributed by atoms with E-state index in [-0.39, 0.29) is 40.9 Å². The number of hydrogen-bond donors (Lipinski definition) is 1. The average molecular weight is 570 g/mol. The first-order chi connectivity index (χ1) is 20.1. The van der Waals surface area contributed by atoms with Gasteiger partial charge in [0.15, 0.2) is 5.82 Å². The zero-order chi connectivity index (χ0) is 30.1. The molecule has 42 heavy (non-hydrogen) atoms. The Kier molecular flexibility index (Phi) is 8.02. The number of aromatic nitrogens is 5. The maximum atomic E-state index is 15.3. The van der Waals surface area contributed by atoms with Gasteiger partial charge in [0.1, 0.15) is 11.5 Å². The number of rotatable bonds is 8. The summed E-state index contributed by atoms with van der Waals surface area (Å²) in [6.07, 6.45) is 4.42. The average Bonchev–Trinajstić information content (AvgIpc) is 3.47. The van der Waals surface area contributed by atoms with E-state index in [2.05, 4.69) is 15.1 Å². The van der Waals surface area contributed by atoms with Crippen molar-refractivity contribution < 1.29 is 13.9 Å². The summed E-state index contributed by atoms with van der Waals surface area (Å²) in [5.41, 5.74) is 3.87. The van der Waals surface area contributed by atoms with Crippen LogP contribution in [0.1, 0.15) is 61.6 Å². The van der Waals surface area contributed by atoms with E-state index < -0.39 is 17.3 Å². The minimum atomic E-state index is -0.662. The zero-order valence-electron chi connectivity index (χ0n) is 24.3. The molecule has 0 radical (unpaired) electrons. The third-order valence-electron chi connectivity index (χ3n) is 7.56. The van der Waals surface area contributed by atoms with Gasteiger partial charge in [-0.1, -0.05) is 44.2 Å². The van der Waals surface area contributed by atoms with Gasteiger partial charge >= 0.3 is 0 Å². The standard InChI is InChI=1S/C33H33F2N5O2/c1-6-22-9-8-10-23(7-2)29(22)40-31(28-14-16-39(38-28)19(3)4)37-32(41)26(33(40)42)17-21-11-12-25(27(34)18-21)24-13-15-36-30(35)20(24)5/h8-16,18-19,42H,6-7,17H2,1-5H3. The van der Waals surface area contributed by atoms with Gasteiger partial charge < -0.3 is 5.11 Å². The second-order valence-electron chi connectivity index (χ2n) is 10.6. The van der Waals surface area contributed by atoms with E-state index in [0.717, 1.165) is 16.8 Å². The van der Waals surface area contributed by atoms with Crippen LogP contribution in [0.25, 0.3) is 28.3 Å². The van der Waals surface area contributed by atoms with Crippen molar-refractivity contribution in [3.8, 4) is 34.2 Å². The number of hydrogen-bond acceptors (Lipinski definition) is 5. The first kappa shape index (κ1) is 28.9. The maximum absolute atomic E-state index is 15.3. The SMILES string of the molecule is CCc1cccc(CC)c1-n1c(-c2ccn(C(C)C)n2)nc(=O)c(Cc2ccc(-c3ccnc(F)c3C)c(F)c2)c1O. The van der Waals surface area contributed by atoms with E-state index >= 15 is 4.39 Å². The fourth-order valence-corrected chi connectivity index (χ4v) is 5.22. The fraction of sp³-hybridized carbons (Fsp3) is 0.273. The highest BCUT2D eigenvalue weighted by Crippen LogP contribution is 2.33. The molecule has 0 aliphatic rings. The summed E-state index contributed by atoms with van der Waals surface area (Å²) in [6.45, 7) is 9.59. The number of para-hydroxylation sites is 1. The Morgan fingerprint density at radius 3 is 2.31 bits per heavy atom. The van der Waals surface area contributed by atoms with Gasteiger partial charge in [-0.05, 0) is 74.1 Å². The largest absolute Gasteiger partial charge is 0.494 e. The van der Waals surface area contributed by atoms with Gasteiger partial charge in [-0.25, -0.2) is 9.37 Å². The van der Waals surface area contributed by atoms with Crippen LogP contribution in [0.4, 0.5) is 8.78 Å². The molecule has 9 heteroatoms. The number of benzene rings is 2. The molecule has 1 N–H and O–H groups in total. The first-order valence-corrected chi connectivity index (χ1v) is 14.1. The molecule has 7 nitrogen and oxygen atoms in total. The molecule has 0 fully saturated rings. The Morgan fingerprint density at radius 1 is 0.976 bits per heavy atom. The smallest absolute Gasteiger partial charge is 0.280 e.